The number of anilines is 1. The lowest BCUT2D eigenvalue weighted by atomic mass is 10.2. The van der Waals surface area contributed by atoms with Crippen LogP contribution in [0.15, 0.2) is 30.5 Å². The molecular weight excluding hydrogens is 370 g/mol. The van der Waals surface area contributed by atoms with Crippen LogP contribution in [0.4, 0.5) is 5.13 Å². The first kappa shape index (κ1) is 18.6. The standard InChI is InChI=1S/C18H17N3O5S/c1-3-25-12-4-5-13-15(7-12)27-18(20-13)21-16(23)9-26-17(24)14-6-11(8-19-14)10(2)22/h4-8,19H,3,9H2,1-2H3,(H,20,21,23). The number of Topliss-reactive ketones (excluding diaryl/α,β-unsaturated/α-hetero) is 1. The van der Waals surface area contributed by atoms with Gasteiger partial charge in [-0.05, 0) is 38.1 Å². The van der Waals surface area contributed by atoms with E-state index in [9.17, 15) is 14.4 Å². The zero-order chi connectivity index (χ0) is 19.4. The fourth-order valence-electron chi connectivity index (χ4n) is 2.29. The zero-order valence-electron chi connectivity index (χ0n) is 14.7. The minimum absolute atomic E-state index is 0.108. The van der Waals surface area contributed by atoms with Crippen molar-refractivity contribution in [3.8, 4) is 5.75 Å². The quantitative estimate of drug-likeness (QED) is 0.476. The number of aromatic nitrogens is 2. The number of nitrogens with one attached hydrogen (secondary N) is 2. The van der Waals surface area contributed by atoms with E-state index in [-0.39, 0.29) is 11.5 Å². The summed E-state index contributed by atoms with van der Waals surface area (Å²) in [7, 11) is 0. The number of rotatable bonds is 7. The molecule has 9 heteroatoms. The van der Waals surface area contributed by atoms with Gasteiger partial charge in [-0.1, -0.05) is 11.3 Å². The second-order valence-electron chi connectivity index (χ2n) is 5.56. The van der Waals surface area contributed by atoms with Crippen molar-refractivity contribution in [2.45, 2.75) is 13.8 Å². The Morgan fingerprint density at radius 1 is 1.26 bits per heavy atom. The molecule has 0 unspecified atom stereocenters. The second kappa shape index (κ2) is 8.00. The average Bonchev–Trinajstić information content (AvgIpc) is 3.26. The molecule has 8 nitrogen and oxygen atoms in total. The van der Waals surface area contributed by atoms with E-state index < -0.39 is 18.5 Å². The Morgan fingerprint density at radius 3 is 2.78 bits per heavy atom. The maximum atomic E-state index is 12.0. The molecule has 0 aliphatic rings. The van der Waals surface area contributed by atoms with Gasteiger partial charge in [0, 0.05) is 11.8 Å². The fraction of sp³-hybridized carbons (Fsp3) is 0.222. The Hall–Kier alpha value is -3.20. The van der Waals surface area contributed by atoms with Gasteiger partial charge in [0.05, 0.1) is 16.8 Å². The van der Waals surface area contributed by atoms with Crippen LogP contribution >= 0.6 is 11.3 Å². The van der Waals surface area contributed by atoms with Crippen LogP contribution in [0.1, 0.15) is 34.7 Å². The van der Waals surface area contributed by atoms with Crippen LogP contribution in [-0.2, 0) is 9.53 Å². The summed E-state index contributed by atoms with van der Waals surface area (Å²) in [5.41, 5.74) is 1.21. The van der Waals surface area contributed by atoms with Crippen molar-refractivity contribution >= 4 is 44.3 Å². The summed E-state index contributed by atoms with van der Waals surface area (Å²) < 4.78 is 11.3. The van der Waals surface area contributed by atoms with Crippen molar-refractivity contribution in [2.24, 2.45) is 0 Å². The number of thiazole rings is 1. The van der Waals surface area contributed by atoms with Gasteiger partial charge in [0.2, 0.25) is 0 Å². The van der Waals surface area contributed by atoms with Gasteiger partial charge >= 0.3 is 5.97 Å². The molecule has 0 bridgehead atoms. The van der Waals surface area contributed by atoms with Gasteiger partial charge in [0.15, 0.2) is 17.5 Å². The number of fused-ring (bicyclic) bond motifs is 1. The predicted octanol–water partition coefficient (Wildman–Crippen LogP) is 3.02. The highest BCUT2D eigenvalue weighted by Gasteiger charge is 2.15. The van der Waals surface area contributed by atoms with Gasteiger partial charge in [-0.15, -0.1) is 0 Å². The van der Waals surface area contributed by atoms with Crippen molar-refractivity contribution in [1.82, 2.24) is 9.97 Å². The molecular formula is C18H17N3O5S. The van der Waals surface area contributed by atoms with Gasteiger partial charge in [-0.3, -0.25) is 14.9 Å². The van der Waals surface area contributed by atoms with Crippen LogP contribution in [-0.4, -0.2) is 40.8 Å². The summed E-state index contributed by atoms with van der Waals surface area (Å²) in [4.78, 5) is 42.1. The molecule has 0 radical (unpaired) electrons. The summed E-state index contributed by atoms with van der Waals surface area (Å²) in [6.45, 7) is 3.39. The third-order valence-corrected chi connectivity index (χ3v) is 4.49. The van der Waals surface area contributed by atoms with Crippen molar-refractivity contribution in [3.63, 3.8) is 0 Å². The number of ether oxygens (including phenoxy) is 2. The zero-order valence-corrected chi connectivity index (χ0v) is 15.5. The molecule has 1 amide bonds. The normalized spacial score (nSPS) is 10.6. The Morgan fingerprint density at radius 2 is 2.07 bits per heavy atom. The van der Waals surface area contributed by atoms with Crippen LogP contribution in [0.3, 0.4) is 0 Å². The number of benzene rings is 1. The largest absolute Gasteiger partial charge is 0.494 e. The molecule has 0 spiro atoms. The molecule has 0 aliphatic heterocycles. The van der Waals surface area contributed by atoms with Gasteiger partial charge in [0.1, 0.15) is 11.4 Å². The molecule has 3 aromatic rings. The Bertz CT molecular complexity index is 1010. The maximum Gasteiger partial charge on any atom is 0.355 e. The number of carbonyl (C=O) groups excluding carboxylic acids is 3. The summed E-state index contributed by atoms with van der Waals surface area (Å²) in [5.74, 6) is -0.670. The first-order valence-corrected chi connectivity index (χ1v) is 8.97. The van der Waals surface area contributed by atoms with Crippen molar-refractivity contribution in [1.29, 1.82) is 0 Å². The van der Waals surface area contributed by atoms with Gasteiger partial charge in [-0.25, -0.2) is 9.78 Å². The molecule has 2 N–H and O–H groups in total. The van der Waals surface area contributed by atoms with E-state index in [0.29, 0.717) is 17.3 Å². The van der Waals surface area contributed by atoms with Gasteiger partial charge in [0.25, 0.3) is 5.91 Å². The highest BCUT2D eigenvalue weighted by Crippen LogP contribution is 2.29. The molecule has 2 aromatic heterocycles. The summed E-state index contributed by atoms with van der Waals surface area (Å²) in [6, 6.07) is 6.85. The third kappa shape index (κ3) is 4.50. The van der Waals surface area contributed by atoms with Crippen molar-refractivity contribution in [2.75, 3.05) is 18.5 Å². The number of nitrogens with zero attached hydrogens (tertiary/aromatic N) is 1. The lowest BCUT2D eigenvalue weighted by Gasteiger charge is -2.03. The molecule has 0 saturated heterocycles. The van der Waals surface area contributed by atoms with E-state index in [1.165, 1.54) is 30.5 Å². The number of amides is 1. The van der Waals surface area contributed by atoms with Crippen molar-refractivity contribution in [3.05, 3.63) is 41.7 Å². The predicted molar refractivity (Wildman–Crippen MR) is 100 cm³/mol. The molecule has 2 heterocycles. The Labute approximate surface area is 158 Å². The minimum Gasteiger partial charge on any atom is -0.494 e. The molecule has 140 valence electrons. The molecule has 27 heavy (non-hydrogen) atoms. The lowest BCUT2D eigenvalue weighted by Crippen LogP contribution is -2.20. The first-order chi connectivity index (χ1) is 13.0. The monoisotopic (exact) mass is 387 g/mol. The van der Waals surface area contributed by atoms with E-state index in [2.05, 4.69) is 15.3 Å². The first-order valence-electron chi connectivity index (χ1n) is 8.16. The van der Waals surface area contributed by atoms with Crippen LogP contribution < -0.4 is 10.1 Å². The average molecular weight is 387 g/mol. The van der Waals surface area contributed by atoms with E-state index in [0.717, 1.165) is 16.0 Å². The topological polar surface area (TPSA) is 110 Å². The number of carbonyl (C=O) groups is 3. The van der Waals surface area contributed by atoms with Gasteiger partial charge < -0.3 is 14.5 Å². The van der Waals surface area contributed by atoms with E-state index in [1.54, 1.807) is 0 Å². The lowest BCUT2D eigenvalue weighted by molar-refractivity contribution is -0.119. The van der Waals surface area contributed by atoms with E-state index in [4.69, 9.17) is 9.47 Å². The summed E-state index contributed by atoms with van der Waals surface area (Å²) in [5, 5.41) is 3.00. The van der Waals surface area contributed by atoms with Crippen molar-refractivity contribution < 1.29 is 23.9 Å². The highest BCUT2D eigenvalue weighted by atomic mass is 32.1. The minimum atomic E-state index is -0.719. The number of esters is 1. The third-order valence-electron chi connectivity index (χ3n) is 3.56. The second-order valence-corrected chi connectivity index (χ2v) is 6.59. The number of aromatic amines is 1. The summed E-state index contributed by atoms with van der Waals surface area (Å²) in [6.07, 6.45) is 1.41. The number of hydrogen-bond donors (Lipinski definition) is 2. The van der Waals surface area contributed by atoms with E-state index in [1.807, 2.05) is 25.1 Å². The number of H-pyrrole nitrogens is 1. The molecule has 0 aliphatic carbocycles. The van der Waals surface area contributed by atoms with Crippen LogP contribution in [0.25, 0.3) is 10.2 Å². The van der Waals surface area contributed by atoms with Gasteiger partial charge in [-0.2, -0.15) is 0 Å². The molecule has 1 aromatic carbocycles. The Balaban J connectivity index is 1.57. The molecule has 0 saturated carbocycles. The number of hydrogen-bond acceptors (Lipinski definition) is 7. The van der Waals surface area contributed by atoms with Crippen LogP contribution in [0, 0.1) is 0 Å². The molecule has 0 atom stereocenters. The maximum absolute atomic E-state index is 12.0. The van der Waals surface area contributed by atoms with Crippen LogP contribution in [0.5, 0.6) is 5.75 Å². The molecule has 3 rings (SSSR count). The van der Waals surface area contributed by atoms with Crippen LogP contribution in [0.2, 0.25) is 0 Å². The highest BCUT2D eigenvalue weighted by molar-refractivity contribution is 7.22. The molecule has 0 fully saturated rings. The SMILES string of the molecule is CCOc1ccc2nc(NC(=O)COC(=O)c3cc(C(C)=O)c[nH]3)sc2c1. The fourth-order valence-corrected chi connectivity index (χ4v) is 3.21. The Kier molecular flexibility index (Phi) is 5.51. The smallest absolute Gasteiger partial charge is 0.355 e. The van der Waals surface area contributed by atoms with E-state index >= 15 is 0 Å². The number of ketones is 1. The summed E-state index contributed by atoms with van der Waals surface area (Å²) >= 11 is 1.30.